The molecule has 102 valence electrons. The highest BCUT2D eigenvalue weighted by Gasteiger charge is 2.24. The van der Waals surface area contributed by atoms with Crippen molar-refractivity contribution in [1.82, 2.24) is 5.43 Å². The maximum Gasteiger partial charge on any atom is 0.127 e. The van der Waals surface area contributed by atoms with Crippen LogP contribution in [0.4, 0.5) is 4.39 Å². The highest BCUT2D eigenvalue weighted by Crippen LogP contribution is 2.19. The van der Waals surface area contributed by atoms with Gasteiger partial charge in [-0.3, -0.25) is 11.3 Å². The molecule has 0 spiro atoms. The number of halogens is 2. The zero-order valence-electron chi connectivity index (χ0n) is 10.9. The van der Waals surface area contributed by atoms with Gasteiger partial charge in [-0.2, -0.15) is 0 Å². The number of rotatable bonds is 6. The molecule has 0 amide bonds. The molecule has 1 aromatic rings. The number of hydrogen-bond acceptors (Lipinski definition) is 3. The van der Waals surface area contributed by atoms with Crippen LogP contribution in [-0.2, 0) is 11.2 Å². The largest absolute Gasteiger partial charge is 0.380 e. The van der Waals surface area contributed by atoms with E-state index in [9.17, 15) is 4.39 Å². The summed E-state index contributed by atoms with van der Waals surface area (Å²) in [6, 6.07) is 4.51. The van der Waals surface area contributed by atoms with Gasteiger partial charge >= 0.3 is 0 Å². The molecule has 0 heterocycles. The number of benzene rings is 1. The summed E-state index contributed by atoms with van der Waals surface area (Å²) in [4.78, 5) is 0. The Labute approximate surface area is 112 Å². The third-order valence-electron chi connectivity index (χ3n) is 2.99. The molecule has 2 unspecified atom stereocenters. The lowest BCUT2D eigenvalue weighted by Gasteiger charge is -2.28. The second-order valence-electron chi connectivity index (χ2n) is 4.66. The molecule has 0 aliphatic carbocycles. The minimum absolute atomic E-state index is 0.0786. The molecule has 0 bridgehead atoms. The minimum atomic E-state index is -0.318. The van der Waals surface area contributed by atoms with Crippen molar-refractivity contribution in [2.75, 3.05) is 7.11 Å². The normalized spacial score (nSPS) is 14.8. The predicted octanol–water partition coefficient (Wildman–Crippen LogP) is 2.52. The van der Waals surface area contributed by atoms with Gasteiger partial charge in [0.1, 0.15) is 5.82 Å². The van der Waals surface area contributed by atoms with Gasteiger partial charge in [0.25, 0.3) is 0 Å². The molecule has 0 aliphatic heterocycles. The van der Waals surface area contributed by atoms with E-state index in [-0.39, 0.29) is 23.9 Å². The third kappa shape index (κ3) is 3.92. The number of nitrogens with two attached hydrogens (primary N) is 1. The standard InChI is InChI=1S/C13H20ClFN2O/c1-8(2)13(18-3)12(17-16)6-9-4-5-10(14)7-11(9)15/h4-5,7-8,12-13,17H,6,16H2,1-3H3. The van der Waals surface area contributed by atoms with E-state index < -0.39 is 0 Å². The minimum Gasteiger partial charge on any atom is -0.380 e. The molecule has 5 heteroatoms. The Kier molecular flexibility index (Phi) is 6.02. The van der Waals surface area contributed by atoms with Gasteiger partial charge in [-0.1, -0.05) is 31.5 Å². The molecule has 0 aromatic heterocycles. The Morgan fingerprint density at radius 3 is 2.56 bits per heavy atom. The molecule has 0 radical (unpaired) electrons. The first-order valence-electron chi connectivity index (χ1n) is 5.92. The van der Waals surface area contributed by atoms with Crippen molar-refractivity contribution in [2.24, 2.45) is 11.8 Å². The number of nitrogens with one attached hydrogen (secondary N) is 1. The topological polar surface area (TPSA) is 47.3 Å². The van der Waals surface area contributed by atoms with Gasteiger partial charge in [0.05, 0.1) is 12.1 Å². The zero-order valence-corrected chi connectivity index (χ0v) is 11.7. The molecule has 18 heavy (non-hydrogen) atoms. The van der Waals surface area contributed by atoms with Crippen LogP contribution in [0.15, 0.2) is 18.2 Å². The summed E-state index contributed by atoms with van der Waals surface area (Å²) in [6.07, 6.45) is 0.376. The Morgan fingerprint density at radius 2 is 2.11 bits per heavy atom. The SMILES string of the molecule is COC(C(C)C)C(Cc1ccc(Cl)cc1F)NN. The molecule has 0 saturated carbocycles. The van der Waals surface area contributed by atoms with Crippen molar-refractivity contribution in [3.8, 4) is 0 Å². The van der Waals surface area contributed by atoms with E-state index in [4.69, 9.17) is 22.2 Å². The number of methoxy groups -OCH3 is 1. The van der Waals surface area contributed by atoms with Crippen LogP contribution in [0.25, 0.3) is 0 Å². The number of hydrogen-bond donors (Lipinski definition) is 2. The molecule has 0 saturated heterocycles. The van der Waals surface area contributed by atoms with E-state index in [0.29, 0.717) is 17.0 Å². The summed E-state index contributed by atoms with van der Waals surface area (Å²) >= 11 is 5.72. The van der Waals surface area contributed by atoms with Crippen LogP contribution in [0.3, 0.4) is 0 Å². The van der Waals surface area contributed by atoms with E-state index in [1.54, 1.807) is 19.2 Å². The van der Waals surface area contributed by atoms with Crippen LogP contribution < -0.4 is 11.3 Å². The fraction of sp³-hybridized carbons (Fsp3) is 0.538. The molecule has 3 nitrogen and oxygen atoms in total. The number of ether oxygens (including phenoxy) is 1. The van der Waals surface area contributed by atoms with Gasteiger partial charge in [-0.15, -0.1) is 0 Å². The van der Waals surface area contributed by atoms with Crippen molar-refractivity contribution in [3.63, 3.8) is 0 Å². The van der Waals surface area contributed by atoms with Crippen molar-refractivity contribution >= 4 is 11.6 Å². The van der Waals surface area contributed by atoms with Crippen molar-refractivity contribution < 1.29 is 9.13 Å². The van der Waals surface area contributed by atoms with Gasteiger partial charge in [0.2, 0.25) is 0 Å². The monoisotopic (exact) mass is 274 g/mol. The lowest BCUT2D eigenvalue weighted by molar-refractivity contribution is 0.0330. The predicted molar refractivity (Wildman–Crippen MR) is 71.9 cm³/mol. The molecular formula is C13H20ClFN2O. The van der Waals surface area contributed by atoms with E-state index in [1.165, 1.54) is 6.07 Å². The van der Waals surface area contributed by atoms with Crippen LogP contribution in [0.2, 0.25) is 5.02 Å². The first kappa shape index (κ1) is 15.4. The lowest BCUT2D eigenvalue weighted by atomic mass is 9.94. The number of hydrazine groups is 1. The lowest BCUT2D eigenvalue weighted by Crippen LogP contribution is -2.48. The Hall–Kier alpha value is -0.680. The summed E-state index contributed by atoms with van der Waals surface area (Å²) in [5.74, 6) is 5.50. The maximum absolute atomic E-state index is 13.7. The third-order valence-corrected chi connectivity index (χ3v) is 3.23. The van der Waals surface area contributed by atoms with E-state index >= 15 is 0 Å². The van der Waals surface area contributed by atoms with Crippen molar-refractivity contribution in [3.05, 3.63) is 34.6 Å². The maximum atomic E-state index is 13.7. The van der Waals surface area contributed by atoms with Crippen LogP contribution in [0.1, 0.15) is 19.4 Å². The summed E-state index contributed by atoms with van der Waals surface area (Å²) in [7, 11) is 1.63. The van der Waals surface area contributed by atoms with Crippen LogP contribution >= 0.6 is 11.6 Å². The fourth-order valence-corrected chi connectivity index (χ4v) is 2.25. The Bertz CT molecular complexity index is 387. The van der Waals surface area contributed by atoms with Crippen molar-refractivity contribution in [2.45, 2.75) is 32.4 Å². The highest BCUT2D eigenvalue weighted by molar-refractivity contribution is 6.30. The summed E-state index contributed by atoms with van der Waals surface area (Å²) in [5.41, 5.74) is 3.27. The first-order chi connectivity index (χ1) is 8.49. The van der Waals surface area contributed by atoms with Gasteiger partial charge in [-0.05, 0) is 30.0 Å². The van der Waals surface area contributed by atoms with Gasteiger partial charge in [0, 0.05) is 12.1 Å². The van der Waals surface area contributed by atoms with E-state index in [2.05, 4.69) is 5.43 Å². The second-order valence-corrected chi connectivity index (χ2v) is 5.09. The van der Waals surface area contributed by atoms with Crippen LogP contribution in [0, 0.1) is 11.7 Å². The van der Waals surface area contributed by atoms with Crippen LogP contribution in [0.5, 0.6) is 0 Å². The van der Waals surface area contributed by atoms with Crippen molar-refractivity contribution in [1.29, 1.82) is 0 Å². The average molecular weight is 275 g/mol. The van der Waals surface area contributed by atoms with Gasteiger partial charge in [0.15, 0.2) is 0 Å². The summed E-state index contributed by atoms with van der Waals surface area (Å²) < 4.78 is 19.1. The molecule has 2 atom stereocenters. The van der Waals surface area contributed by atoms with Gasteiger partial charge < -0.3 is 4.74 Å². The first-order valence-corrected chi connectivity index (χ1v) is 6.30. The zero-order chi connectivity index (χ0) is 13.7. The fourth-order valence-electron chi connectivity index (χ4n) is 2.10. The highest BCUT2D eigenvalue weighted by atomic mass is 35.5. The Morgan fingerprint density at radius 1 is 1.44 bits per heavy atom. The van der Waals surface area contributed by atoms with Crippen LogP contribution in [-0.4, -0.2) is 19.3 Å². The second kappa shape index (κ2) is 7.04. The molecule has 3 N–H and O–H groups in total. The van der Waals surface area contributed by atoms with E-state index in [1.807, 2.05) is 13.8 Å². The summed E-state index contributed by atoms with van der Waals surface area (Å²) in [6.45, 7) is 4.08. The van der Waals surface area contributed by atoms with Gasteiger partial charge in [-0.25, -0.2) is 4.39 Å². The summed E-state index contributed by atoms with van der Waals surface area (Å²) in [5, 5.41) is 0.389. The Balaban J connectivity index is 2.85. The molecule has 0 aliphatic rings. The quantitative estimate of drug-likeness (QED) is 0.619. The average Bonchev–Trinajstić information content (AvgIpc) is 2.31. The smallest absolute Gasteiger partial charge is 0.127 e. The van der Waals surface area contributed by atoms with E-state index in [0.717, 1.165) is 0 Å². The molecule has 0 fully saturated rings. The molecule has 1 rings (SSSR count). The molecule has 1 aromatic carbocycles. The molecular weight excluding hydrogens is 255 g/mol.